The number of nitrogens with one attached hydrogen (secondary N) is 1. The minimum atomic E-state index is -2.88. The molecule has 1 aliphatic rings. The highest BCUT2D eigenvalue weighted by molar-refractivity contribution is 6.30. The first kappa shape index (κ1) is 21.8. The highest BCUT2D eigenvalue weighted by atomic mass is 35.5. The van der Waals surface area contributed by atoms with Gasteiger partial charge in [0.05, 0.1) is 6.54 Å². The van der Waals surface area contributed by atoms with Crippen molar-refractivity contribution in [2.45, 2.75) is 31.9 Å². The van der Waals surface area contributed by atoms with E-state index in [2.05, 4.69) is 10.1 Å². The monoisotopic (exact) mass is 438 g/mol. The van der Waals surface area contributed by atoms with Crippen LogP contribution in [0, 0.1) is 0 Å². The van der Waals surface area contributed by atoms with Gasteiger partial charge in [0, 0.05) is 5.02 Å². The molecule has 2 aromatic rings. The summed E-state index contributed by atoms with van der Waals surface area (Å²) in [6.45, 7) is -0.970. The Labute approximate surface area is 177 Å². The number of hydrogen-bond donors (Lipinski definition) is 1. The van der Waals surface area contributed by atoms with Crippen molar-refractivity contribution in [1.29, 1.82) is 0 Å². The number of imide groups is 1. The van der Waals surface area contributed by atoms with E-state index < -0.39 is 18.2 Å². The molecule has 9 heteroatoms. The number of benzene rings is 2. The second kappa shape index (κ2) is 9.30. The molecule has 1 saturated heterocycles. The van der Waals surface area contributed by atoms with Gasteiger partial charge < -0.3 is 14.8 Å². The molecule has 1 unspecified atom stereocenters. The van der Waals surface area contributed by atoms with Crippen molar-refractivity contribution in [2.75, 3.05) is 13.2 Å². The van der Waals surface area contributed by atoms with E-state index in [1.54, 1.807) is 43.3 Å². The van der Waals surface area contributed by atoms with Crippen molar-refractivity contribution >= 4 is 23.5 Å². The average molecular weight is 439 g/mol. The Balaban J connectivity index is 1.53. The Kier molecular flexibility index (Phi) is 6.77. The maximum atomic E-state index is 12.8. The van der Waals surface area contributed by atoms with Gasteiger partial charge >= 0.3 is 12.6 Å². The molecule has 160 valence electrons. The van der Waals surface area contributed by atoms with Gasteiger partial charge in [-0.3, -0.25) is 9.69 Å². The van der Waals surface area contributed by atoms with Crippen LogP contribution in [0.15, 0.2) is 48.5 Å². The highest BCUT2D eigenvalue weighted by Gasteiger charge is 2.47. The van der Waals surface area contributed by atoms with E-state index in [0.29, 0.717) is 23.6 Å². The smallest absolute Gasteiger partial charge is 0.387 e. The first-order valence-corrected chi connectivity index (χ1v) is 9.71. The van der Waals surface area contributed by atoms with E-state index in [0.717, 1.165) is 10.5 Å². The third-order valence-corrected chi connectivity index (χ3v) is 5.02. The quantitative estimate of drug-likeness (QED) is 0.594. The number of alkyl halides is 2. The normalized spacial score (nSPS) is 18.6. The van der Waals surface area contributed by atoms with E-state index in [9.17, 15) is 18.4 Å². The lowest BCUT2D eigenvalue weighted by Crippen LogP contribution is -2.44. The Hall–Kier alpha value is -2.87. The molecule has 1 fully saturated rings. The van der Waals surface area contributed by atoms with Crippen LogP contribution in [0.2, 0.25) is 5.02 Å². The number of hydrogen-bond acceptors (Lipinski definition) is 4. The number of amides is 3. The van der Waals surface area contributed by atoms with Gasteiger partial charge in [0.2, 0.25) is 0 Å². The standard InChI is InChI=1S/C21H21ClF2N2O4/c1-21(10-9-14-5-7-16(8-6-14)30-19(23)24)18(27)26(20(28)25-21)11-12-29-17-4-2-3-15(22)13-17/h2-8,13,19H,9-12H2,1H3,(H,25,28). The molecule has 1 N–H and O–H groups in total. The van der Waals surface area contributed by atoms with Crippen LogP contribution in [0.5, 0.6) is 11.5 Å². The summed E-state index contributed by atoms with van der Waals surface area (Å²) < 4.78 is 34.3. The molecule has 2 aromatic carbocycles. The van der Waals surface area contributed by atoms with Gasteiger partial charge in [-0.05, 0) is 55.7 Å². The first-order valence-electron chi connectivity index (χ1n) is 9.33. The van der Waals surface area contributed by atoms with Gasteiger partial charge in [-0.15, -0.1) is 0 Å². The Morgan fingerprint density at radius 2 is 1.87 bits per heavy atom. The third-order valence-electron chi connectivity index (χ3n) is 4.79. The van der Waals surface area contributed by atoms with E-state index in [1.807, 2.05) is 0 Å². The molecule has 1 atom stereocenters. The molecular weight excluding hydrogens is 418 g/mol. The Morgan fingerprint density at radius 3 is 2.53 bits per heavy atom. The summed E-state index contributed by atoms with van der Waals surface area (Å²) in [6.07, 6.45) is 0.836. The molecular formula is C21H21ClF2N2O4. The molecule has 3 rings (SSSR count). The van der Waals surface area contributed by atoms with Crippen molar-refractivity contribution in [3.63, 3.8) is 0 Å². The van der Waals surface area contributed by atoms with Crippen LogP contribution >= 0.6 is 11.6 Å². The molecule has 0 saturated carbocycles. The van der Waals surface area contributed by atoms with Gasteiger partial charge in [0.25, 0.3) is 5.91 Å². The molecule has 3 amide bonds. The van der Waals surface area contributed by atoms with Crippen LogP contribution in [0.3, 0.4) is 0 Å². The summed E-state index contributed by atoms with van der Waals surface area (Å²) in [5.41, 5.74) is -0.215. The number of nitrogens with zero attached hydrogens (tertiary/aromatic N) is 1. The number of aryl methyl sites for hydroxylation is 1. The van der Waals surface area contributed by atoms with Crippen molar-refractivity contribution in [1.82, 2.24) is 10.2 Å². The lowest BCUT2D eigenvalue weighted by molar-refractivity contribution is -0.131. The fourth-order valence-electron chi connectivity index (χ4n) is 3.16. The number of halogens is 3. The number of rotatable bonds is 9. The van der Waals surface area contributed by atoms with Gasteiger partial charge in [-0.25, -0.2) is 4.79 Å². The van der Waals surface area contributed by atoms with E-state index in [-0.39, 0.29) is 24.8 Å². The third kappa shape index (κ3) is 5.38. The zero-order valence-electron chi connectivity index (χ0n) is 16.2. The van der Waals surface area contributed by atoms with Crippen molar-refractivity contribution in [3.8, 4) is 11.5 Å². The van der Waals surface area contributed by atoms with E-state index in [1.165, 1.54) is 12.1 Å². The summed E-state index contributed by atoms with van der Waals surface area (Å²) in [6, 6.07) is 12.6. The fraction of sp³-hybridized carbons (Fsp3) is 0.333. The van der Waals surface area contributed by atoms with Crippen molar-refractivity contribution in [2.24, 2.45) is 0 Å². The van der Waals surface area contributed by atoms with Gasteiger partial charge in [-0.1, -0.05) is 29.8 Å². The van der Waals surface area contributed by atoms with Crippen LogP contribution in [-0.4, -0.2) is 42.1 Å². The SMILES string of the molecule is CC1(CCc2ccc(OC(F)F)cc2)NC(=O)N(CCOc2cccc(Cl)c2)C1=O. The van der Waals surface area contributed by atoms with Crippen molar-refractivity contribution < 1.29 is 27.8 Å². The summed E-state index contributed by atoms with van der Waals surface area (Å²) in [7, 11) is 0. The maximum absolute atomic E-state index is 12.8. The van der Waals surface area contributed by atoms with Crippen LogP contribution in [0.4, 0.5) is 13.6 Å². The summed E-state index contributed by atoms with van der Waals surface area (Å²) in [5, 5.41) is 3.26. The number of urea groups is 1. The molecule has 1 aliphatic heterocycles. The lowest BCUT2D eigenvalue weighted by Gasteiger charge is -2.21. The average Bonchev–Trinajstić information content (AvgIpc) is 2.90. The molecule has 0 aliphatic carbocycles. The second-order valence-electron chi connectivity index (χ2n) is 7.05. The van der Waals surface area contributed by atoms with Crippen LogP contribution < -0.4 is 14.8 Å². The topological polar surface area (TPSA) is 67.9 Å². The molecule has 0 bridgehead atoms. The molecule has 30 heavy (non-hydrogen) atoms. The number of carbonyl (C=O) groups excluding carboxylic acids is 2. The lowest BCUT2D eigenvalue weighted by atomic mass is 9.93. The minimum absolute atomic E-state index is 0.0658. The maximum Gasteiger partial charge on any atom is 0.387 e. The minimum Gasteiger partial charge on any atom is -0.492 e. The predicted octanol–water partition coefficient (Wildman–Crippen LogP) is 4.26. The largest absolute Gasteiger partial charge is 0.492 e. The Bertz CT molecular complexity index is 910. The fourth-order valence-corrected chi connectivity index (χ4v) is 3.34. The zero-order chi connectivity index (χ0) is 21.7. The Morgan fingerprint density at radius 1 is 1.13 bits per heavy atom. The first-order chi connectivity index (χ1) is 14.3. The summed E-state index contributed by atoms with van der Waals surface area (Å²) >= 11 is 5.90. The van der Waals surface area contributed by atoms with Crippen LogP contribution in [0.1, 0.15) is 18.9 Å². The predicted molar refractivity (Wildman–Crippen MR) is 107 cm³/mol. The van der Waals surface area contributed by atoms with Gasteiger partial charge in [0.15, 0.2) is 0 Å². The van der Waals surface area contributed by atoms with Crippen molar-refractivity contribution in [3.05, 3.63) is 59.1 Å². The highest BCUT2D eigenvalue weighted by Crippen LogP contribution is 2.24. The molecule has 0 aromatic heterocycles. The number of ether oxygens (including phenoxy) is 2. The molecule has 0 spiro atoms. The summed E-state index contributed by atoms with van der Waals surface area (Å²) in [5.74, 6) is 0.285. The van der Waals surface area contributed by atoms with Crippen LogP contribution in [0.25, 0.3) is 0 Å². The van der Waals surface area contributed by atoms with Gasteiger partial charge in [-0.2, -0.15) is 8.78 Å². The van der Waals surface area contributed by atoms with Gasteiger partial charge in [0.1, 0.15) is 23.6 Å². The van der Waals surface area contributed by atoms with Crippen LogP contribution in [-0.2, 0) is 11.2 Å². The second-order valence-corrected chi connectivity index (χ2v) is 7.48. The zero-order valence-corrected chi connectivity index (χ0v) is 17.0. The number of carbonyl (C=O) groups is 2. The molecule has 0 radical (unpaired) electrons. The summed E-state index contributed by atoms with van der Waals surface area (Å²) in [4.78, 5) is 26.2. The van der Waals surface area contributed by atoms with E-state index in [4.69, 9.17) is 16.3 Å². The molecule has 6 nitrogen and oxygen atoms in total. The van der Waals surface area contributed by atoms with E-state index >= 15 is 0 Å². The molecule has 1 heterocycles.